The van der Waals surface area contributed by atoms with Crippen LogP contribution in [0, 0.1) is 12.8 Å². The third-order valence-corrected chi connectivity index (χ3v) is 4.87. The van der Waals surface area contributed by atoms with E-state index in [0.717, 1.165) is 23.1 Å². The van der Waals surface area contributed by atoms with Gasteiger partial charge in [0.05, 0.1) is 0 Å². The second-order valence-electron chi connectivity index (χ2n) is 6.65. The molecule has 0 atom stereocenters. The molecule has 3 nitrogen and oxygen atoms in total. The fourth-order valence-electron chi connectivity index (χ4n) is 3.10. The van der Waals surface area contributed by atoms with E-state index in [-0.39, 0.29) is 0 Å². The summed E-state index contributed by atoms with van der Waals surface area (Å²) in [7, 11) is 0. The summed E-state index contributed by atoms with van der Waals surface area (Å²) in [5.41, 5.74) is 0.969. The van der Waals surface area contributed by atoms with Gasteiger partial charge < -0.3 is 5.32 Å². The van der Waals surface area contributed by atoms with E-state index in [9.17, 15) is 0 Å². The number of hydrogen-bond donors (Lipinski definition) is 1. The average molecular weight is 310 g/mol. The zero-order valence-corrected chi connectivity index (χ0v) is 14.5. The van der Waals surface area contributed by atoms with Crippen molar-refractivity contribution in [3.8, 4) is 0 Å². The van der Waals surface area contributed by atoms with Crippen LogP contribution in [-0.2, 0) is 0 Å². The molecule has 4 heteroatoms. The van der Waals surface area contributed by atoms with E-state index in [1.165, 1.54) is 38.5 Å². The predicted octanol–water partition coefficient (Wildman–Crippen LogP) is 5.33. The Morgan fingerprint density at radius 2 is 1.86 bits per heavy atom. The van der Waals surface area contributed by atoms with Crippen molar-refractivity contribution in [1.29, 1.82) is 0 Å². The van der Waals surface area contributed by atoms with Crippen molar-refractivity contribution in [2.45, 2.75) is 78.2 Å². The summed E-state index contributed by atoms with van der Waals surface area (Å²) < 4.78 is 0. The predicted molar refractivity (Wildman–Crippen MR) is 90.1 cm³/mol. The standard InChI is InChI=1S/C17H28ClN3/c1-5-6-13-7-9-14(10-8-13)19-17-12(4)15(18)20-16(21-17)11(2)3/h11,13-14H,5-10H2,1-4H3,(H,19,20,21). The normalized spacial score (nSPS) is 22.6. The minimum absolute atomic E-state index is 0.295. The summed E-state index contributed by atoms with van der Waals surface area (Å²) in [4.78, 5) is 9.05. The van der Waals surface area contributed by atoms with Gasteiger partial charge in [-0.05, 0) is 38.5 Å². The highest BCUT2D eigenvalue weighted by Crippen LogP contribution is 2.31. The molecule has 1 N–H and O–H groups in total. The maximum Gasteiger partial charge on any atom is 0.137 e. The fourth-order valence-corrected chi connectivity index (χ4v) is 3.28. The lowest BCUT2D eigenvalue weighted by molar-refractivity contribution is 0.318. The first-order valence-corrected chi connectivity index (χ1v) is 8.69. The first-order chi connectivity index (χ1) is 10.0. The number of aromatic nitrogens is 2. The SMILES string of the molecule is CCCC1CCC(Nc2nc(C(C)C)nc(Cl)c2C)CC1. The topological polar surface area (TPSA) is 37.8 Å². The molecule has 1 aliphatic rings. The van der Waals surface area contributed by atoms with Crippen LogP contribution in [-0.4, -0.2) is 16.0 Å². The van der Waals surface area contributed by atoms with Crippen LogP contribution in [0.4, 0.5) is 5.82 Å². The van der Waals surface area contributed by atoms with Gasteiger partial charge in [0.15, 0.2) is 0 Å². The summed E-state index contributed by atoms with van der Waals surface area (Å²) in [5.74, 6) is 2.98. The van der Waals surface area contributed by atoms with Crippen LogP contribution in [0.1, 0.15) is 76.6 Å². The van der Waals surface area contributed by atoms with Crippen molar-refractivity contribution in [1.82, 2.24) is 9.97 Å². The smallest absolute Gasteiger partial charge is 0.137 e. The second kappa shape index (κ2) is 7.44. The van der Waals surface area contributed by atoms with Crippen molar-refractivity contribution in [3.05, 3.63) is 16.5 Å². The van der Waals surface area contributed by atoms with Gasteiger partial charge in [0.2, 0.25) is 0 Å². The molecule has 0 spiro atoms. The van der Waals surface area contributed by atoms with E-state index >= 15 is 0 Å². The van der Waals surface area contributed by atoms with E-state index in [1.807, 2.05) is 6.92 Å². The van der Waals surface area contributed by atoms with E-state index in [4.69, 9.17) is 11.6 Å². The third-order valence-electron chi connectivity index (χ3n) is 4.50. The Balaban J connectivity index is 2.03. The van der Waals surface area contributed by atoms with Gasteiger partial charge in [0, 0.05) is 17.5 Å². The van der Waals surface area contributed by atoms with Crippen LogP contribution < -0.4 is 5.32 Å². The van der Waals surface area contributed by atoms with Gasteiger partial charge in [-0.1, -0.05) is 45.2 Å². The number of rotatable bonds is 5. The Bertz CT molecular complexity index is 465. The summed E-state index contributed by atoms with van der Waals surface area (Å²) in [6.07, 6.45) is 7.83. The molecule has 0 amide bonds. The van der Waals surface area contributed by atoms with Gasteiger partial charge >= 0.3 is 0 Å². The van der Waals surface area contributed by atoms with Crippen LogP contribution in [0.15, 0.2) is 0 Å². The van der Waals surface area contributed by atoms with Crippen LogP contribution in [0.5, 0.6) is 0 Å². The molecule has 0 aromatic carbocycles. The Morgan fingerprint density at radius 1 is 1.19 bits per heavy atom. The minimum atomic E-state index is 0.295. The van der Waals surface area contributed by atoms with Crippen molar-refractivity contribution < 1.29 is 0 Å². The molecule has 1 heterocycles. The van der Waals surface area contributed by atoms with Crippen molar-refractivity contribution in [3.63, 3.8) is 0 Å². The largest absolute Gasteiger partial charge is 0.367 e. The Kier molecular flexibility index (Phi) is 5.86. The quantitative estimate of drug-likeness (QED) is 0.747. The molecule has 1 aromatic rings. The number of hydrogen-bond acceptors (Lipinski definition) is 3. The molecule has 1 saturated carbocycles. The number of nitrogens with zero attached hydrogens (tertiary/aromatic N) is 2. The molecule has 1 aliphatic carbocycles. The summed E-state index contributed by atoms with van der Waals surface area (Å²) in [6, 6.07) is 0.530. The number of nitrogens with one attached hydrogen (secondary N) is 1. The average Bonchev–Trinajstić information content (AvgIpc) is 2.45. The molecule has 118 valence electrons. The van der Waals surface area contributed by atoms with Gasteiger partial charge in [-0.2, -0.15) is 0 Å². The van der Waals surface area contributed by atoms with Gasteiger partial charge in [-0.3, -0.25) is 0 Å². The van der Waals surface area contributed by atoms with E-state index in [2.05, 4.69) is 36.1 Å². The van der Waals surface area contributed by atoms with Crippen molar-refractivity contribution in [2.24, 2.45) is 5.92 Å². The minimum Gasteiger partial charge on any atom is -0.367 e. The number of halogens is 1. The highest BCUT2D eigenvalue weighted by Gasteiger charge is 2.22. The Labute approximate surface area is 133 Å². The molecule has 0 radical (unpaired) electrons. The maximum atomic E-state index is 6.25. The molecule has 0 bridgehead atoms. The highest BCUT2D eigenvalue weighted by atomic mass is 35.5. The summed E-state index contributed by atoms with van der Waals surface area (Å²) in [5, 5.41) is 4.19. The van der Waals surface area contributed by atoms with Crippen LogP contribution in [0.3, 0.4) is 0 Å². The van der Waals surface area contributed by atoms with Crippen LogP contribution in [0.2, 0.25) is 5.15 Å². The molecule has 1 fully saturated rings. The first kappa shape index (κ1) is 16.5. The van der Waals surface area contributed by atoms with Gasteiger partial charge in [-0.25, -0.2) is 9.97 Å². The molecule has 1 aromatic heterocycles. The van der Waals surface area contributed by atoms with Crippen molar-refractivity contribution in [2.75, 3.05) is 5.32 Å². The monoisotopic (exact) mass is 309 g/mol. The molecular weight excluding hydrogens is 282 g/mol. The lowest BCUT2D eigenvalue weighted by Gasteiger charge is -2.30. The third kappa shape index (κ3) is 4.32. The zero-order valence-electron chi connectivity index (χ0n) is 13.7. The molecule has 0 saturated heterocycles. The van der Waals surface area contributed by atoms with E-state index in [0.29, 0.717) is 17.1 Å². The zero-order chi connectivity index (χ0) is 15.4. The number of anilines is 1. The summed E-state index contributed by atoms with van der Waals surface area (Å²) >= 11 is 6.25. The van der Waals surface area contributed by atoms with Gasteiger partial charge in [0.25, 0.3) is 0 Å². The highest BCUT2D eigenvalue weighted by molar-refractivity contribution is 6.30. The maximum absolute atomic E-state index is 6.25. The first-order valence-electron chi connectivity index (χ1n) is 8.31. The Morgan fingerprint density at radius 3 is 2.43 bits per heavy atom. The lowest BCUT2D eigenvalue weighted by Crippen LogP contribution is -2.27. The molecule has 0 aliphatic heterocycles. The van der Waals surface area contributed by atoms with Gasteiger partial charge in [-0.15, -0.1) is 0 Å². The van der Waals surface area contributed by atoms with E-state index < -0.39 is 0 Å². The molecule has 2 rings (SSSR count). The van der Waals surface area contributed by atoms with E-state index in [1.54, 1.807) is 0 Å². The second-order valence-corrected chi connectivity index (χ2v) is 7.01. The lowest BCUT2D eigenvalue weighted by atomic mass is 9.83. The molecule has 21 heavy (non-hydrogen) atoms. The van der Waals surface area contributed by atoms with Gasteiger partial charge in [0.1, 0.15) is 16.8 Å². The Hall–Kier alpha value is -0.830. The van der Waals surface area contributed by atoms with Crippen molar-refractivity contribution >= 4 is 17.4 Å². The molecular formula is C17H28ClN3. The van der Waals surface area contributed by atoms with Crippen LogP contribution in [0.25, 0.3) is 0 Å². The van der Waals surface area contributed by atoms with Crippen LogP contribution >= 0.6 is 11.6 Å². The molecule has 0 unspecified atom stereocenters. The summed E-state index contributed by atoms with van der Waals surface area (Å²) in [6.45, 7) is 8.48. The fraction of sp³-hybridized carbons (Fsp3) is 0.765.